The molecule has 1 aromatic rings. The third-order valence-corrected chi connectivity index (χ3v) is 1.82. The van der Waals surface area contributed by atoms with Gasteiger partial charge >= 0.3 is 5.97 Å². The number of carbonyl (C=O) groups is 1. The zero-order chi connectivity index (χ0) is 8.97. The Hall–Kier alpha value is -1.10. The van der Waals surface area contributed by atoms with Crippen LogP contribution in [0.4, 0.5) is 0 Å². The Morgan fingerprint density at radius 1 is 1.67 bits per heavy atom. The molecule has 0 spiro atoms. The molecule has 0 unspecified atom stereocenters. The van der Waals surface area contributed by atoms with Crippen molar-refractivity contribution in [2.45, 2.75) is 11.8 Å². The molecular formula is C7H8N2O2S. The second-order valence-electron chi connectivity index (χ2n) is 1.99. The van der Waals surface area contributed by atoms with Crippen LogP contribution in [0.3, 0.4) is 0 Å². The van der Waals surface area contributed by atoms with Gasteiger partial charge in [-0.15, -0.1) is 11.8 Å². The van der Waals surface area contributed by atoms with E-state index < -0.39 is 0 Å². The number of nitrogens with zero attached hydrogens (tertiary/aromatic N) is 2. The number of thioether (sulfide) groups is 1. The summed E-state index contributed by atoms with van der Waals surface area (Å²) in [6, 6.07) is 0. The molecule has 1 rings (SSSR count). The van der Waals surface area contributed by atoms with Gasteiger partial charge in [0.25, 0.3) is 0 Å². The summed E-state index contributed by atoms with van der Waals surface area (Å²) < 4.78 is 4.83. The van der Waals surface area contributed by atoms with Gasteiger partial charge in [-0.1, -0.05) is 0 Å². The van der Waals surface area contributed by atoms with Gasteiger partial charge in [-0.2, -0.15) is 0 Å². The number of aromatic nitrogens is 2. The lowest BCUT2D eigenvalue weighted by Gasteiger charge is -2.02. The number of hydrogen-bond donors (Lipinski definition) is 0. The van der Waals surface area contributed by atoms with Gasteiger partial charge in [0.1, 0.15) is 6.33 Å². The van der Waals surface area contributed by atoms with Gasteiger partial charge in [-0.05, 0) is 6.26 Å². The molecule has 4 nitrogen and oxygen atoms in total. The predicted octanol–water partition coefficient (Wildman–Crippen LogP) is 1.12. The van der Waals surface area contributed by atoms with Crippen molar-refractivity contribution < 1.29 is 9.53 Å². The largest absolute Gasteiger partial charge is 0.406 e. The predicted molar refractivity (Wildman–Crippen MR) is 45.1 cm³/mol. The fourth-order valence-electron chi connectivity index (χ4n) is 0.658. The number of hydrogen-bond acceptors (Lipinski definition) is 5. The Balaban J connectivity index is 2.89. The Morgan fingerprint density at radius 3 is 3.00 bits per heavy atom. The number of rotatable bonds is 2. The molecule has 0 saturated heterocycles. The summed E-state index contributed by atoms with van der Waals surface area (Å²) in [7, 11) is 0. The number of esters is 1. The standard InChI is InChI=1S/C7H8N2O2S/c1-5(10)11-7-6(12-2)3-8-4-9-7/h3-4H,1-2H3. The molecule has 0 saturated carbocycles. The molecular weight excluding hydrogens is 176 g/mol. The fourth-order valence-corrected chi connectivity index (χ4v) is 1.09. The van der Waals surface area contributed by atoms with E-state index in [0.717, 1.165) is 4.90 Å². The van der Waals surface area contributed by atoms with Crippen LogP contribution in [-0.4, -0.2) is 22.2 Å². The van der Waals surface area contributed by atoms with Gasteiger partial charge in [-0.25, -0.2) is 9.97 Å². The monoisotopic (exact) mass is 184 g/mol. The first-order valence-corrected chi connectivity index (χ1v) is 4.49. The molecule has 0 aromatic carbocycles. The zero-order valence-corrected chi connectivity index (χ0v) is 7.59. The van der Waals surface area contributed by atoms with Crippen molar-refractivity contribution in [2.24, 2.45) is 0 Å². The molecule has 0 N–H and O–H groups in total. The van der Waals surface area contributed by atoms with Crippen LogP contribution in [0.5, 0.6) is 5.88 Å². The van der Waals surface area contributed by atoms with Gasteiger partial charge < -0.3 is 4.74 Å². The van der Waals surface area contributed by atoms with Gasteiger partial charge in [-0.3, -0.25) is 4.79 Å². The van der Waals surface area contributed by atoms with E-state index in [0.29, 0.717) is 5.88 Å². The van der Waals surface area contributed by atoms with E-state index in [4.69, 9.17) is 4.74 Å². The van der Waals surface area contributed by atoms with Crippen molar-refractivity contribution >= 4 is 17.7 Å². The highest BCUT2D eigenvalue weighted by Crippen LogP contribution is 2.23. The summed E-state index contributed by atoms with van der Waals surface area (Å²) in [5.41, 5.74) is 0. The van der Waals surface area contributed by atoms with E-state index in [1.807, 2.05) is 6.26 Å². The fraction of sp³-hybridized carbons (Fsp3) is 0.286. The lowest BCUT2D eigenvalue weighted by molar-refractivity contribution is -0.132. The summed E-state index contributed by atoms with van der Waals surface area (Å²) in [5.74, 6) is -0.0472. The van der Waals surface area contributed by atoms with Crippen LogP contribution in [0.25, 0.3) is 0 Å². The maximum Gasteiger partial charge on any atom is 0.309 e. The van der Waals surface area contributed by atoms with Crippen LogP contribution in [0.2, 0.25) is 0 Å². The van der Waals surface area contributed by atoms with Crippen molar-refractivity contribution in [3.8, 4) is 5.88 Å². The van der Waals surface area contributed by atoms with E-state index >= 15 is 0 Å². The second kappa shape index (κ2) is 4.06. The third-order valence-electron chi connectivity index (χ3n) is 1.10. The normalized spacial score (nSPS) is 9.50. The Kier molecular flexibility index (Phi) is 3.04. The Bertz CT molecular complexity index is 290. The quantitative estimate of drug-likeness (QED) is 0.509. The van der Waals surface area contributed by atoms with Gasteiger partial charge in [0, 0.05) is 13.1 Å². The molecule has 0 fully saturated rings. The average molecular weight is 184 g/mol. The first-order chi connectivity index (χ1) is 5.74. The first-order valence-electron chi connectivity index (χ1n) is 3.26. The Morgan fingerprint density at radius 2 is 2.42 bits per heavy atom. The molecule has 0 aliphatic heterocycles. The SMILES string of the molecule is CSc1cncnc1OC(C)=O. The van der Waals surface area contributed by atoms with Gasteiger partial charge in [0.2, 0.25) is 5.88 Å². The van der Waals surface area contributed by atoms with Crippen LogP contribution < -0.4 is 4.74 Å². The third kappa shape index (κ3) is 2.20. The smallest absolute Gasteiger partial charge is 0.309 e. The molecule has 64 valence electrons. The number of carbonyl (C=O) groups excluding carboxylic acids is 1. The molecule has 0 aliphatic rings. The summed E-state index contributed by atoms with van der Waals surface area (Å²) in [5, 5.41) is 0. The van der Waals surface area contributed by atoms with E-state index in [9.17, 15) is 4.79 Å². The topological polar surface area (TPSA) is 52.1 Å². The summed E-state index contributed by atoms with van der Waals surface area (Å²) >= 11 is 1.44. The summed E-state index contributed by atoms with van der Waals surface area (Å²) in [6.07, 6.45) is 4.82. The van der Waals surface area contributed by atoms with E-state index in [1.165, 1.54) is 25.0 Å². The zero-order valence-electron chi connectivity index (χ0n) is 6.77. The van der Waals surface area contributed by atoms with Crippen molar-refractivity contribution in [3.63, 3.8) is 0 Å². The molecule has 0 radical (unpaired) electrons. The molecule has 1 aromatic heterocycles. The highest BCUT2D eigenvalue weighted by molar-refractivity contribution is 7.98. The maximum absolute atomic E-state index is 10.6. The van der Waals surface area contributed by atoms with Crippen LogP contribution in [0.15, 0.2) is 17.4 Å². The molecule has 0 amide bonds. The minimum Gasteiger partial charge on any atom is -0.406 e. The molecule has 5 heteroatoms. The average Bonchev–Trinajstić information content (AvgIpc) is 2.04. The lowest BCUT2D eigenvalue weighted by atomic mass is 10.6. The van der Waals surface area contributed by atoms with Crippen molar-refractivity contribution in [2.75, 3.05) is 6.26 Å². The van der Waals surface area contributed by atoms with Crippen molar-refractivity contribution in [1.82, 2.24) is 9.97 Å². The molecule has 0 bridgehead atoms. The van der Waals surface area contributed by atoms with Crippen LogP contribution in [0.1, 0.15) is 6.92 Å². The van der Waals surface area contributed by atoms with E-state index in [2.05, 4.69) is 9.97 Å². The Labute approximate surface area is 74.4 Å². The number of ether oxygens (including phenoxy) is 1. The van der Waals surface area contributed by atoms with E-state index in [-0.39, 0.29) is 5.97 Å². The summed E-state index contributed by atoms with van der Waals surface area (Å²) in [6.45, 7) is 1.34. The summed E-state index contributed by atoms with van der Waals surface area (Å²) in [4.78, 5) is 19.0. The first kappa shape index (κ1) is 8.99. The lowest BCUT2D eigenvalue weighted by Crippen LogP contribution is -2.04. The molecule has 12 heavy (non-hydrogen) atoms. The molecule has 1 heterocycles. The van der Waals surface area contributed by atoms with Crippen LogP contribution in [-0.2, 0) is 4.79 Å². The second-order valence-corrected chi connectivity index (χ2v) is 2.84. The minimum absolute atomic E-state index is 0.324. The van der Waals surface area contributed by atoms with E-state index in [1.54, 1.807) is 6.20 Å². The molecule has 0 atom stereocenters. The van der Waals surface area contributed by atoms with Gasteiger partial charge in [0.15, 0.2) is 0 Å². The van der Waals surface area contributed by atoms with Crippen molar-refractivity contribution in [1.29, 1.82) is 0 Å². The van der Waals surface area contributed by atoms with Gasteiger partial charge in [0.05, 0.1) is 4.90 Å². The van der Waals surface area contributed by atoms with Crippen molar-refractivity contribution in [3.05, 3.63) is 12.5 Å². The van der Waals surface area contributed by atoms with Crippen LogP contribution >= 0.6 is 11.8 Å². The van der Waals surface area contributed by atoms with Crippen LogP contribution in [0, 0.1) is 0 Å². The molecule has 0 aliphatic carbocycles. The highest BCUT2D eigenvalue weighted by Gasteiger charge is 2.05. The maximum atomic E-state index is 10.6. The minimum atomic E-state index is -0.371. The highest BCUT2D eigenvalue weighted by atomic mass is 32.2.